The molecule has 2 fully saturated rings. The van der Waals surface area contributed by atoms with Crippen LogP contribution in [0.25, 0.3) is 0 Å². The summed E-state index contributed by atoms with van der Waals surface area (Å²) in [5.74, 6) is 1.56. The molecule has 2 unspecified atom stereocenters. The summed E-state index contributed by atoms with van der Waals surface area (Å²) in [5, 5.41) is 14.1. The Bertz CT molecular complexity index is 634. The Labute approximate surface area is 142 Å². The second-order valence-electron chi connectivity index (χ2n) is 8.13. The van der Waals surface area contributed by atoms with Gasteiger partial charge in [-0.25, -0.2) is 0 Å². The highest BCUT2D eigenvalue weighted by Gasteiger charge is 2.49. The Morgan fingerprint density at radius 2 is 2.26 bits per heavy atom. The predicted molar refractivity (Wildman–Crippen MR) is 91.1 cm³/mol. The Hall–Kier alpha value is -0.810. The molecule has 3 aliphatic rings. The summed E-state index contributed by atoms with van der Waals surface area (Å²) < 4.78 is 6.01. The van der Waals surface area contributed by atoms with E-state index in [1.807, 2.05) is 12.1 Å². The fourth-order valence-corrected chi connectivity index (χ4v) is 4.73. The predicted octanol–water partition coefficient (Wildman–Crippen LogP) is 2.02. The van der Waals surface area contributed by atoms with Gasteiger partial charge in [-0.3, -0.25) is 4.90 Å². The van der Waals surface area contributed by atoms with Crippen molar-refractivity contribution in [2.24, 2.45) is 11.3 Å². The molecule has 4 nitrogen and oxygen atoms in total. The van der Waals surface area contributed by atoms with Crippen LogP contribution in [0, 0.1) is 11.3 Å². The van der Waals surface area contributed by atoms with Crippen molar-refractivity contribution in [2.45, 2.75) is 25.8 Å². The fourth-order valence-electron chi connectivity index (χ4n) is 4.49. The number of ether oxygens (including phenoxy) is 1. The zero-order valence-corrected chi connectivity index (χ0v) is 14.6. The average molecular weight is 337 g/mol. The molecule has 3 heterocycles. The molecule has 0 spiro atoms. The molecule has 0 saturated carbocycles. The molecule has 5 heteroatoms. The van der Waals surface area contributed by atoms with Crippen LogP contribution >= 0.6 is 11.6 Å². The van der Waals surface area contributed by atoms with Crippen LogP contribution in [-0.4, -0.2) is 49.4 Å². The summed E-state index contributed by atoms with van der Waals surface area (Å²) in [6.45, 7) is 10.1. The Balaban J connectivity index is 1.59. The summed E-state index contributed by atoms with van der Waals surface area (Å²) in [6.07, 6.45) is 0. The van der Waals surface area contributed by atoms with Crippen LogP contribution in [0.3, 0.4) is 0 Å². The Kier molecular flexibility index (Phi) is 3.65. The van der Waals surface area contributed by atoms with Gasteiger partial charge in [0.05, 0.1) is 13.2 Å². The Morgan fingerprint density at radius 3 is 3.00 bits per heavy atom. The van der Waals surface area contributed by atoms with Crippen molar-refractivity contribution in [3.63, 3.8) is 0 Å². The van der Waals surface area contributed by atoms with Crippen LogP contribution in [0.1, 0.15) is 25.0 Å². The number of rotatable bonds is 3. The van der Waals surface area contributed by atoms with Crippen LogP contribution in [-0.2, 0) is 12.0 Å². The number of hydrogen-bond donors (Lipinski definition) is 2. The number of aliphatic hydroxyl groups is 1. The van der Waals surface area contributed by atoms with E-state index in [0.717, 1.165) is 43.5 Å². The van der Waals surface area contributed by atoms with Crippen LogP contribution in [0.4, 0.5) is 0 Å². The number of nitrogens with one attached hydrogen (secondary N) is 1. The normalized spacial score (nSPS) is 31.9. The van der Waals surface area contributed by atoms with Gasteiger partial charge in [-0.05, 0) is 24.6 Å². The molecule has 2 atom stereocenters. The van der Waals surface area contributed by atoms with Crippen LogP contribution in [0.2, 0.25) is 5.02 Å². The maximum atomic E-state index is 9.87. The van der Waals surface area contributed by atoms with Crippen LogP contribution in [0.15, 0.2) is 12.1 Å². The Morgan fingerprint density at radius 1 is 1.43 bits per heavy atom. The first-order chi connectivity index (χ1) is 10.9. The van der Waals surface area contributed by atoms with Crippen molar-refractivity contribution in [3.05, 3.63) is 28.3 Å². The van der Waals surface area contributed by atoms with Gasteiger partial charge in [-0.1, -0.05) is 25.4 Å². The van der Waals surface area contributed by atoms with E-state index < -0.39 is 0 Å². The average Bonchev–Trinajstić information content (AvgIpc) is 3.10. The van der Waals surface area contributed by atoms with Crippen LogP contribution in [0.5, 0.6) is 5.75 Å². The van der Waals surface area contributed by atoms with Crippen molar-refractivity contribution < 1.29 is 9.84 Å². The van der Waals surface area contributed by atoms with E-state index in [9.17, 15) is 5.11 Å². The molecule has 0 amide bonds. The highest BCUT2D eigenvalue weighted by molar-refractivity contribution is 6.30. The first-order valence-electron chi connectivity index (χ1n) is 8.43. The minimum atomic E-state index is 0.0206. The zero-order valence-electron chi connectivity index (χ0n) is 13.9. The van der Waals surface area contributed by atoms with E-state index in [1.54, 1.807) is 0 Å². The fraction of sp³-hybridized carbons (Fsp3) is 0.667. The zero-order chi connectivity index (χ0) is 16.2. The van der Waals surface area contributed by atoms with E-state index in [2.05, 4.69) is 24.1 Å². The lowest BCUT2D eigenvalue weighted by Crippen LogP contribution is -2.35. The summed E-state index contributed by atoms with van der Waals surface area (Å²) in [4.78, 5) is 2.45. The van der Waals surface area contributed by atoms with Crippen molar-refractivity contribution in [1.29, 1.82) is 0 Å². The highest BCUT2D eigenvalue weighted by Crippen LogP contribution is 2.44. The maximum Gasteiger partial charge on any atom is 0.127 e. The van der Waals surface area contributed by atoms with Gasteiger partial charge in [0.1, 0.15) is 5.75 Å². The minimum Gasteiger partial charge on any atom is -0.492 e. The van der Waals surface area contributed by atoms with Crippen molar-refractivity contribution in [3.8, 4) is 5.75 Å². The molecule has 0 bridgehead atoms. The lowest BCUT2D eigenvalue weighted by Gasteiger charge is -2.25. The van der Waals surface area contributed by atoms with Crippen molar-refractivity contribution >= 4 is 11.6 Å². The molecule has 23 heavy (non-hydrogen) atoms. The van der Waals surface area contributed by atoms with Gasteiger partial charge in [0.15, 0.2) is 0 Å². The molecule has 0 radical (unpaired) electrons. The van der Waals surface area contributed by atoms with Gasteiger partial charge in [0, 0.05) is 53.2 Å². The van der Waals surface area contributed by atoms with Gasteiger partial charge in [-0.2, -0.15) is 0 Å². The molecule has 2 saturated heterocycles. The van der Waals surface area contributed by atoms with Gasteiger partial charge in [0.25, 0.3) is 0 Å². The maximum absolute atomic E-state index is 9.87. The molecule has 1 aromatic rings. The number of benzene rings is 1. The SMILES string of the molecule is CC1(C)COc2c(CN3CC4CNCC4(CO)C3)cc(Cl)cc21. The molecular weight excluding hydrogens is 312 g/mol. The molecule has 2 N–H and O–H groups in total. The van der Waals surface area contributed by atoms with Gasteiger partial charge >= 0.3 is 0 Å². The van der Waals surface area contributed by atoms with E-state index in [1.165, 1.54) is 11.1 Å². The molecule has 0 aliphatic carbocycles. The number of aliphatic hydroxyl groups excluding tert-OH is 1. The second kappa shape index (κ2) is 5.35. The largest absolute Gasteiger partial charge is 0.492 e. The highest BCUT2D eigenvalue weighted by atomic mass is 35.5. The minimum absolute atomic E-state index is 0.0206. The number of nitrogens with zero attached hydrogens (tertiary/aromatic N) is 1. The third-order valence-corrected chi connectivity index (χ3v) is 6.12. The number of likely N-dealkylation sites (tertiary alicyclic amines) is 1. The second-order valence-corrected chi connectivity index (χ2v) is 8.57. The van der Waals surface area contributed by atoms with E-state index in [4.69, 9.17) is 16.3 Å². The van der Waals surface area contributed by atoms with Gasteiger partial charge in [-0.15, -0.1) is 0 Å². The van der Waals surface area contributed by atoms with Gasteiger partial charge in [0.2, 0.25) is 0 Å². The first-order valence-corrected chi connectivity index (χ1v) is 8.81. The molecular formula is C18H25ClN2O2. The first kappa shape index (κ1) is 15.7. The number of hydrogen-bond acceptors (Lipinski definition) is 4. The summed E-state index contributed by atoms with van der Waals surface area (Å²) in [6, 6.07) is 4.09. The smallest absolute Gasteiger partial charge is 0.127 e. The standard InChI is InChI=1S/C18H25ClN2O2/c1-17(2)11-23-16-12(3-14(19)4-15(16)17)6-21-7-13-5-20-8-18(13,9-21)10-22/h3-4,13,20,22H,5-11H2,1-2H3. The summed E-state index contributed by atoms with van der Waals surface area (Å²) in [5.41, 5.74) is 2.45. The quantitative estimate of drug-likeness (QED) is 0.886. The lowest BCUT2D eigenvalue weighted by atomic mass is 9.82. The van der Waals surface area contributed by atoms with E-state index in [-0.39, 0.29) is 17.4 Å². The number of halogens is 1. The molecule has 0 aromatic heterocycles. The van der Waals surface area contributed by atoms with E-state index >= 15 is 0 Å². The number of fused-ring (bicyclic) bond motifs is 2. The third-order valence-electron chi connectivity index (χ3n) is 5.90. The van der Waals surface area contributed by atoms with Crippen molar-refractivity contribution in [1.82, 2.24) is 10.2 Å². The van der Waals surface area contributed by atoms with Crippen LogP contribution < -0.4 is 10.1 Å². The topological polar surface area (TPSA) is 44.7 Å². The molecule has 4 rings (SSSR count). The molecule has 126 valence electrons. The van der Waals surface area contributed by atoms with E-state index in [0.29, 0.717) is 12.5 Å². The monoisotopic (exact) mass is 336 g/mol. The van der Waals surface area contributed by atoms with Crippen molar-refractivity contribution in [2.75, 3.05) is 39.4 Å². The molecule has 1 aromatic carbocycles. The summed E-state index contributed by atoms with van der Waals surface area (Å²) >= 11 is 6.37. The summed E-state index contributed by atoms with van der Waals surface area (Å²) in [7, 11) is 0. The van der Waals surface area contributed by atoms with Gasteiger partial charge < -0.3 is 15.2 Å². The third kappa shape index (κ3) is 2.47. The molecule has 3 aliphatic heterocycles. The lowest BCUT2D eigenvalue weighted by molar-refractivity contribution is 0.124.